The maximum absolute atomic E-state index is 6.20. The van der Waals surface area contributed by atoms with E-state index in [4.69, 9.17) is 34.7 Å². The monoisotopic (exact) mass is 336 g/mol. The normalized spacial score (nSPS) is 16.0. The Labute approximate surface area is 132 Å². The van der Waals surface area contributed by atoms with Crippen LogP contribution in [0.5, 0.6) is 0 Å². The number of halogens is 3. The molecule has 2 unspecified atom stereocenters. The van der Waals surface area contributed by atoms with E-state index in [1.165, 1.54) is 0 Å². The summed E-state index contributed by atoms with van der Waals surface area (Å²) in [6.07, 6.45) is 1.79. The molecule has 0 aliphatic carbocycles. The molecular formula is C12H27Cl3N2S. The second-order valence-electron chi connectivity index (χ2n) is 5.71. The lowest BCUT2D eigenvalue weighted by molar-refractivity contribution is 0.461. The summed E-state index contributed by atoms with van der Waals surface area (Å²) in [4.78, 5) is 0. The zero-order valence-electron chi connectivity index (χ0n) is 11.7. The van der Waals surface area contributed by atoms with Crippen molar-refractivity contribution < 1.29 is 0 Å². The molecule has 0 saturated carbocycles. The van der Waals surface area contributed by atoms with Gasteiger partial charge in [0, 0.05) is 33.3 Å². The standard InChI is InChI=1S/C12H26Cl2N2S.ClH/c1-11(2,15)9(5-7-13)17-10(6-8-14)12(3,4)16;/h9-10H,5-8,15-16H2,1-4H3;1H. The van der Waals surface area contributed by atoms with Gasteiger partial charge in [0.2, 0.25) is 0 Å². The highest BCUT2D eigenvalue weighted by Crippen LogP contribution is 2.34. The lowest BCUT2D eigenvalue weighted by atomic mass is 9.99. The molecule has 4 N–H and O–H groups in total. The zero-order valence-corrected chi connectivity index (χ0v) is 14.9. The quantitative estimate of drug-likeness (QED) is 0.665. The molecule has 0 rings (SSSR count). The minimum absolute atomic E-state index is 0. The van der Waals surface area contributed by atoms with Gasteiger partial charge in [-0.1, -0.05) is 0 Å². The molecule has 0 bridgehead atoms. The van der Waals surface area contributed by atoms with Crippen LogP contribution in [0.2, 0.25) is 0 Å². The summed E-state index contributed by atoms with van der Waals surface area (Å²) in [5.41, 5.74) is 11.9. The lowest BCUT2D eigenvalue weighted by Crippen LogP contribution is -2.49. The summed E-state index contributed by atoms with van der Waals surface area (Å²) in [5.74, 6) is 1.24. The van der Waals surface area contributed by atoms with Gasteiger partial charge in [0.1, 0.15) is 0 Å². The molecule has 0 amide bonds. The Balaban J connectivity index is 0. The fourth-order valence-electron chi connectivity index (χ4n) is 1.63. The summed E-state index contributed by atoms with van der Waals surface area (Å²) in [6, 6.07) is 0. The second-order valence-corrected chi connectivity index (χ2v) is 7.88. The summed E-state index contributed by atoms with van der Waals surface area (Å²) < 4.78 is 0. The van der Waals surface area contributed by atoms with Gasteiger partial charge in [0.15, 0.2) is 0 Å². The van der Waals surface area contributed by atoms with E-state index in [0.717, 1.165) is 12.8 Å². The highest BCUT2D eigenvalue weighted by atomic mass is 35.5. The Kier molecular flexibility index (Phi) is 10.9. The van der Waals surface area contributed by atoms with Crippen molar-refractivity contribution in [3.05, 3.63) is 0 Å². The molecule has 0 aromatic carbocycles. The van der Waals surface area contributed by atoms with Gasteiger partial charge in [0.05, 0.1) is 0 Å². The van der Waals surface area contributed by atoms with Gasteiger partial charge in [-0.25, -0.2) is 0 Å². The first kappa shape index (κ1) is 21.4. The summed E-state index contributed by atoms with van der Waals surface area (Å²) in [5, 5.41) is 0.604. The van der Waals surface area contributed by atoms with Crippen molar-refractivity contribution in [1.29, 1.82) is 0 Å². The van der Waals surface area contributed by atoms with Crippen LogP contribution in [0.15, 0.2) is 0 Å². The van der Waals surface area contributed by atoms with Crippen molar-refractivity contribution >= 4 is 47.4 Å². The van der Waals surface area contributed by atoms with E-state index >= 15 is 0 Å². The summed E-state index contributed by atoms with van der Waals surface area (Å²) >= 11 is 13.5. The molecule has 0 saturated heterocycles. The molecule has 18 heavy (non-hydrogen) atoms. The number of alkyl halides is 2. The van der Waals surface area contributed by atoms with Crippen molar-refractivity contribution in [3.8, 4) is 0 Å². The molecule has 2 nitrogen and oxygen atoms in total. The van der Waals surface area contributed by atoms with Crippen molar-refractivity contribution in [2.24, 2.45) is 11.5 Å². The van der Waals surface area contributed by atoms with Crippen molar-refractivity contribution in [1.82, 2.24) is 0 Å². The summed E-state index contributed by atoms with van der Waals surface area (Å²) in [7, 11) is 0. The molecule has 0 aromatic rings. The van der Waals surface area contributed by atoms with E-state index in [-0.39, 0.29) is 23.5 Å². The van der Waals surface area contributed by atoms with Crippen LogP contribution in [0.4, 0.5) is 0 Å². The molecule has 0 aliphatic rings. The number of thioether (sulfide) groups is 1. The number of rotatable bonds is 8. The zero-order chi connectivity index (χ0) is 13.7. The molecule has 0 spiro atoms. The van der Waals surface area contributed by atoms with Crippen LogP contribution >= 0.6 is 47.4 Å². The molecule has 6 heteroatoms. The van der Waals surface area contributed by atoms with Gasteiger partial charge in [0.25, 0.3) is 0 Å². The Morgan fingerprint density at radius 3 is 1.33 bits per heavy atom. The third kappa shape index (κ3) is 8.34. The first-order valence-corrected chi connectivity index (χ1v) is 7.99. The Hall–Kier alpha value is 1.14. The highest BCUT2D eigenvalue weighted by Gasteiger charge is 2.33. The topological polar surface area (TPSA) is 52.0 Å². The predicted octanol–water partition coefficient (Wildman–Crippen LogP) is 3.61. The van der Waals surface area contributed by atoms with Crippen LogP contribution in [0.3, 0.4) is 0 Å². The van der Waals surface area contributed by atoms with Gasteiger partial charge in [-0.3, -0.25) is 0 Å². The minimum Gasteiger partial charge on any atom is -0.325 e. The fraction of sp³-hybridized carbons (Fsp3) is 1.00. The van der Waals surface area contributed by atoms with E-state index in [0.29, 0.717) is 22.3 Å². The summed E-state index contributed by atoms with van der Waals surface area (Å²) in [6.45, 7) is 8.16. The van der Waals surface area contributed by atoms with Gasteiger partial charge >= 0.3 is 0 Å². The van der Waals surface area contributed by atoms with Crippen molar-refractivity contribution in [3.63, 3.8) is 0 Å². The van der Waals surface area contributed by atoms with E-state index in [9.17, 15) is 0 Å². The number of hydrogen-bond donors (Lipinski definition) is 2. The van der Waals surface area contributed by atoms with Crippen molar-refractivity contribution in [2.45, 2.75) is 62.1 Å². The van der Waals surface area contributed by atoms with E-state index in [1.54, 1.807) is 0 Å². The Morgan fingerprint density at radius 2 is 1.17 bits per heavy atom. The Morgan fingerprint density at radius 1 is 0.889 bits per heavy atom. The molecule has 2 atom stereocenters. The molecule has 0 heterocycles. The molecule has 0 radical (unpaired) electrons. The average Bonchev–Trinajstić information content (AvgIpc) is 2.12. The molecule has 0 aliphatic heterocycles. The van der Waals surface area contributed by atoms with Crippen LogP contribution < -0.4 is 11.5 Å². The van der Waals surface area contributed by atoms with Crippen LogP contribution in [-0.4, -0.2) is 33.3 Å². The van der Waals surface area contributed by atoms with E-state index in [2.05, 4.69) is 0 Å². The highest BCUT2D eigenvalue weighted by molar-refractivity contribution is 8.00. The number of hydrogen-bond acceptors (Lipinski definition) is 3. The van der Waals surface area contributed by atoms with E-state index in [1.807, 2.05) is 39.5 Å². The molecule has 112 valence electrons. The van der Waals surface area contributed by atoms with Gasteiger partial charge in [-0.05, 0) is 40.5 Å². The van der Waals surface area contributed by atoms with Gasteiger partial charge in [-0.2, -0.15) is 11.8 Å². The minimum atomic E-state index is -0.255. The third-order valence-corrected chi connectivity index (χ3v) is 5.51. The molecule has 0 fully saturated rings. The second kappa shape index (κ2) is 9.15. The molecule has 0 aromatic heterocycles. The van der Waals surface area contributed by atoms with E-state index < -0.39 is 0 Å². The maximum Gasteiger partial charge on any atom is 0.0237 e. The smallest absolute Gasteiger partial charge is 0.0237 e. The van der Waals surface area contributed by atoms with Crippen LogP contribution in [0, 0.1) is 0 Å². The largest absolute Gasteiger partial charge is 0.325 e. The maximum atomic E-state index is 6.20. The predicted molar refractivity (Wildman–Crippen MR) is 89.6 cm³/mol. The van der Waals surface area contributed by atoms with Crippen LogP contribution in [0.1, 0.15) is 40.5 Å². The fourth-order valence-corrected chi connectivity index (χ4v) is 3.93. The first-order valence-electron chi connectivity index (χ1n) is 5.98. The van der Waals surface area contributed by atoms with Gasteiger partial charge in [-0.15, -0.1) is 35.6 Å². The van der Waals surface area contributed by atoms with Crippen LogP contribution in [0.25, 0.3) is 0 Å². The SMILES string of the molecule is CC(C)(N)C(CCCl)SC(CCCl)C(C)(C)N.Cl. The lowest BCUT2D eigenvalue weighted by Gasteiger charge is -2.37. The van der Waals surface area contributed by atoms with Gasteiger partial charge < -0.3 is 11.5 Å². The van der Waals surface area contributed by atoms with Crippen molar-refractivity contribution in [2.75, 3.05) is 11.8 Å². The Bertz CT molecular complexity index is 192. The third-order valence-electron chi connectivity index (χ3n) is 2.73. The molecular weight excluding hydrogens is 311 g/mol. The number of nitrogens with two attached hydrogens (primary N) is 2. The first-order chi connectivity index (χ1) is 7.62. The average molecular weight is 338 g/mol. The van der Waals surface area contributed by atoms with Crippen LogP contribution in [-0.2, 0) is 0 Å².